The highest BCUT2D eigenvalue weighted by molar-refractivity contribution is 9.10. The van der Waals surface area contributed by atoms with E-state index >= 15 is 0 Å². The Bertz CT molecular complexity index is 941. The molecule has 26 heavy (non-hydrogen) atoms. The van der Waals surface area contributed by atoms with Crippen molar-refractivity contribution in [3.05, 3.63) is 63.1 Å². The molecule has 0 unspecified atom stereocenters. The van der Waals surface area contributed by atoms with Gasteiger partial charge in [-0.1, -0.05) is 27.5 Å². The number of ether oxygens (including phenoxy) is 1. The lowest BCUT2D eigenvalue weighted by Gasteiger charge is -2.26. The minimum Gasteiger partial charge on any atom is -0.496 e. The van der Waals surface area contributed by atoms with Crippen molar-refractivity contribution in [3.63, 3.8) is 0 Å². The van der Waals surface area contributed by atoms with Gasteiger partial charge in [0.2, 0.25) is 0 Å². The van der Waals surface area contributed by atoms with Crippen LogP contribution in [0.2, 0.25) is 5.02 Å². The van der Waals surface area contributed by atoms with Crippen LogP contribution >= 0.6 is 27.5 Å². The first kappa shape index (κ1) is 18.2. The second kappa shape index (κ2) is 7.31. The number of methoxy groups -OCH3 is 1. The molecule has 1 N–H and O–H groups in total. The van der Waals surface area contributed by atoms with E-state index in [0.29, 0.717) is 22.0 Å². The van der Waals surface area contributed by atoms with Crippen LogP contribution in [0.5, 0.6) is 5.75 Å². The molecule has 4 amide bonds. The van der Waals surface area contributed by atoms with Crippen molar-refractivity contribution in [1.82, 2.24) is 5.32 Å². The summed E-state index contributed by atoms with van der Waals surface area (Å²) in [7, 11) is 1.48. The Morgan fingerprint density at radius 2 is 1.81 bits per heavy atom. The van der Waals surface area contributed by atoms with Gasteiger partial charge < -0.3 is 4.74 Å². The summed E-state index contributed by atoms with van der Waals surface area (Å²) in [5.74, 6) is -1.02. The van der Waals surface area contributed by atoms with Gasteiger partial charge in [-0.25, -0.2) is 9.69 Å². The van der Waals surface area contributed by atoms with Gasteiger partial charge in [0.05, 0.1) is 12.8 Å². The number of benzene rings is 2. The van der Waals surface area contributed by atoms with Crippen LogP contribution in [-0.2, 0) is 9.59 Å². The first-order valence-electron chi connectivity index (χ1n) is 7.41. The first-order chi connectivity index (χ1) is 12.4. The number of nitrogens with one attached hydrogen (secondary N) is 1. The minimum absolute atomic E-state index is 0.184. The summed E-state index contributed by atoms with van der Waals surface area (Å²) in [4.78, 5) is 38.1. The number of anilines is 1. The molecule has 1 aliphatic heterocycles. The molecular weight excluding hydrogens is 424 g/mol. The van der Waals surface area contributed by atoms with Crippen molar-refractivity contribution >= 4 is 57.1 Å². The van der Waals surface area contributed by atoms with Crippen LogP contribution in [0.15, 0.2) is 52.5 Å². The number of hydrogen-bond acceptors (Lipinski definition) is 4. The largest absolute Gasteiger partial charge is 0.496 e. The molecule has 1 saturated heterocycles. The maximum absolute atomic E-state index is 12.8. The van der Waals surface area contributed by atoms with Gasteiger partial charge in [-0.05, 0) is 48.5 Å². The normalized spacial score (nSPS) is 16.0. The summed E-state index contributed by atoms with van der Waals surface area (Å²) in [5.41, 5.74) is 0.637. The third-order valence-corrected chi connectivity index (χ3v) is 4.42. The summed E-state index contributed by atoms with van der Waals surface area (Å²) < 4.78 is 6.00. The number of amides is 4. The lowest BCUT2D eigenvalue weighted by Crippen LogP contribution is -2.54. The highest BCUT2D eigenvalue weighted by atomic mass is 79.9. The molecule has 0 saturated carbocycles. The van der Waals surface area contributed by atoms with E-state index in [1.54, 1.807) is 30.3 Å². The topological polar surface area (TPSA) is 75.7 Å². The van der Waals surface area contributed by atoms with E-state index < -0.39 is 17.8 Å². The van der Waals surface area contributed by atoms with Gasteiger partial charge in [0.1, 0.15) is 11.3 Å². The van der Waals surface area contributed by atoms with Crippen LogP contribution in [0.1, 0.15) is 5.56 Å². The summed E-state index contributed by atoms with van der Waals surface area (Å²) in [6.07, 6.45) is 1.39. The monoisotopic (exact) mass is 434 g/mol. The van der Waals surface area contributed by atoms with E-state index in [4.69, 9.17) is 16.3 Å². The Balaban J connectivity index is 2.06. The van der Waals surface area contributed by atoms with Gasteiger partial charge in [-0.2, -0.15) is 0 Å². The van der Waals surface area contributed by atoms with Gasteiger partial charge in [-0.3, -0.25) is 14.9 Å². The summed E-state index contributed by atoms with van der Waals surface area (Å²) in [5, 5.41) is 2.63. The molecule has 0 aromatic heterocycles. The molecule has 3 rings (SSSR count). The van der Waals surface area contributed by atoms with Crippen LogP contribution in [-0.4, -0.2) is 25.0 Å². The SMILES string of the molecule is COc1ccc(Br)cc1/C=C1/C(=O)NC(=O)N(c2ccc(Cl)cc2)C1=O. The van der Waals surface area contributed by atoms with Crippen molar-refractivity contribution in [1.29, 1.82) is 0 Å². The summed E-state index contributed by atoms with van der Waals surface area (Å²) in [6.45, 7) is 0. The number of imide groups is 2. The van der Waals surface area contributed by atoms with Gasteiger partial charge in [0, 0.05) is 15.1 Å². The molecule has 1 fully saturated rings. The standard InChI is InChI=1S/C18H12BrClN2O4/c1-26-15-7-2-11(19)8-10(15)9-14-16(23)21-18(25)22(17(14)24)13-5-3-12(20)4-6-13/h2-9H,1H3,(H,21,23,25)/b14-9-. The van der Waals surface area contributed by atoms with Crippen molar-refractivity contribution in [2.75, 3.05) is 12.0 Å². The fourth-order valence-electron chi connectivity index (χ4n) is 2.46. The molecule has 1 heterocycles. The molecule has 8 heteroatoms. The molecule has 0 aliphatic carbocycles. The number of hydrogen-bond donors (Lipinski definition) is 1. The van der Waals surface area contributed by atoms with Crippen LogP contribution in [0, 0.1) is 0 Å². The molecule has 6 nitrogen and oxygen atoms in total. The Morgan fingerprint density at radius 1 is 1.12 bits per heavy atom. The van der Waals surface area contributed by atoms with Gasteiger partial charge in [0.15, 0.2) is 0 Å². The number of urea groups is 1. The zero-order valence-electron chi connectivity index (χ0n) is 13.5. The fourth-order valence-corrected chi connectivity index (χ4v) is 2.96. The smallest absolute Gasteiger partial charge is 0.335 e. The van der Waals surface area contributed by atoms with E-state index in [0.717, 1.165) is 9.37 Å². The number of rotatable bonds is 3. The van der Waals surface area contributed by atoms with Gasteiger partial charge in [0.25, 0.3) is 11.8 Å². The van der Waals surface area contributed by atoms with Crippen molar-refractivity contribution in [3.8, 4) is 5.75 Å². The average Bonchev–Trinajstić information content (AvgIpc) is 2.60. The lowest BCUT2D eigenvalue weighted by atomic mass is 10.1. The number of carbonyl (C=O) groups is 3. The third-order valence-electron chi connectivity index (χ3n) is 3.68. The first-order valence-corrected chi connectivity index (χ1v) is 8.58. The quantitative estimate of drug-likeness (QED) is 0.588. The maximum atomic E-state index is 12.8. The number of carbonyl (C=O) groups excluding carboxylic acids is 3. The Kier molecular flexibility index (Phi) is 5.11. The Morgan fingerprint density at radius 3 is 2.46 bits per heavy atom. The van der Waals surface area contributed by atoms with E-state index in [9.17, 15) is 14.4 Å². The number of halogens is 2. The number of barbiturate groups is 1. The van der Waals surface area contributed by atoms with Gasteiger partial charge >= 0.3 is 6.03 Å². The zero-order valence-corrected chi connectivity index (χ0v) is 15.8. The fraction of sp³-hybridized carbons (Fsp3) is 0.0556. The second-order valence-corrected chi connectivity index (χ2v) is 6.67. The van der Waals surface area contributed by atoms with Crippen LogP contribution in [0.25, 0.3) is 6.08 Å². The van der Waals surface area contributed by atoms with Crippen molar-refractivity contribution in [2.24, 2.45) is 0 Å². The molecule has 132 valence electrons. The Labute approximate surface area is 162 Å². The van der Waals surface area contributed by atoms with Crippen LogP contribution in [0.4, 0.5) is 10.5 Å². The number of nitrogens with zero attached hydrogens (tertiary/aromatic N) is 1. The predicted molar refractivity (Wildman–Crippen MR) is 101 cm³/mol. The van der Waals surface area contributed by atoms with E-state index in [-0.39, 0.29) is 5.57 Å². The minimum atomic E-state index is -0.819. The molecule has 2 aromatic carbocycles. The van der Waals surface area contributed by atoms with Crippen molar-refractivity contribution in [2.45, 2.75) is 0 Å². The average molecular weight is 436 g/mol. The second-order valence-electron chi connectivity index (χ2n) is 5.32. The lowest BCUT2D eigenvalue weighted by molar-refractivity contribution is -0.122. The summed E-state index contributed by atoms with van der Waals surface area (Å²) in [6, 6.07) is 10.5. The molecule has 0 spiro atoms. The molecule has 0 radical (unpaired) electrons. The molecule has 1 aliphatic rings. The van der Waals surface area contributed by atoms with E-state index in [1.165, 1.54) is 25.3 Å². The van der Waals surface area contributed by atoms with Gasteiger partial charge in [-0.15, -0.1) is 0 Å². The summed E-state index contributed by atoms with van der Waals surface area (Å²) >= 11 is 9.18. The zero-order chi connectivity index (χ0) is 18.8. The van der Waals surface area contributed by atoms with Crippen molar-refractivity contribution < 1.29 is 19.1 Å². The third kappa shape index (κ3) is 3.49. The highest BCUT2D eigenvalue weighted by Gasteiger charge is 2.36. The Hall–Kier alpha value is -2.64. The maximum Gasteiger partial charge on any atom is 0.335 e. The molecule has 0 bridgehead atoms. The van der Waals surface area contributed by atoms with Crippen LogP contribution < -0.4 is 15.0 Å². The van der Waals surface area contributed by atoms with Crippen LogP contribution in [0.3, 0.4) is 0 Å². The molecular formula is C18H12BrClN2O4. The van der Waals surface area contributed by atoms with E-state index in [1.807, 2.05) is 0 Å². The van der Waals surface area contributed by atoms with E-state index in [2.05, 4.69) is 21.2 Å². The predicted octanol–water partition coefficient (Wildman–Crippen LogP) is 3.78. The highest BCUT2D eigenvalue weighted by Crippen LogP contribution is 2.28. The molecule has 2 aromatic rings. The molecule has 0 atom stereocenters.